The Labute approximate surface area is 207 Å². The Bertz CT molecular complexity index is 1290. The van der Waals surface area contributed by atoms with Crippen LogP contribution in [0.1, 0.15) is 30.0 Å². The van der Waals surface area contributed by atoms with Crippen molar-refractivity contribution in [3.8, 4) is 17.0 Å². The summed E-state index contributed by atoms with van der Waals surface area (Å²) in [6.45, 7) is 3.38. The van der Waals surface area contributed by atoms with Crippen molar-refractivity contribution < 1.29 is 27.8 Å². The largest absolute Gasteiger partial charge is 0.481 e. The number of benzene rings is 2. The van der Waals surface area contributed by atoms with Gasteiger partial charge in [-0.25, -0.2) is 4.98 Å². The molecule has 2 aromatic carbocycles. The molecule has 0 bridgehead atoms. The molecule has 1 N–H and O–H groups in total. The van der Waals surface area contributed by atoms with Crippen molar-refractivity contribution in [1.82, 2.24) is 4.98 Å². The van der Waals surface area contributed by atoms with Crippen LogP contribution in [0.3, 0.4) is 0 Å². The molecular weight excluding hydrogens is 471 g/mol. The summed E-state index contributed by atoms with van der Waals surface area (Å²) in [5.41, 5.74) is 4.50. The highest BCUT2D eigenvalue weighted by atomic mass is 19.4. The molecule has 0 amide bonds. The average molecular weight is 498 g/mol. The second-order valence-corrected chi connectivity index (χ2v) is 8.83. The maximum atomic E-state index is 13.4. The Hall–Kier alpha value is -3.88. The monoisotopic (exact) mass is 497 g/mol. The molecule has 0 saturated carbocycles. The van der Waals surface area contributed by atoms with Gasteiger partial charge in [-0.2, -0.15) is 18.3 Å². The van der Waals surface area contributed by atoms with Crippen LogP contribution < -0.4 is 9.75 Å². The zero-order valence-corrected chi connectivity index (χ0v) is 20.1. The number of carboxylic acid groups (broad SMARTS) is 1. The molecule has 1 aromatic heterocycles. The van der Waals surface area contributed by atoms with Crippen molar-refractivity contribution in [3.63, 3.8) is 0 Å². The quantitative estimate of drug-likeness (QED) is 0.442. The van der Waals surface area contributed by atoms with Gasteiger partial charge in [0, 0.05) is 17.7 Å². The minimum atomic E-state index is -4.62. The summed E-state index contributed by atoms with van der Waals surface area (Å²) in [5, 5.41) is 14.2. The number of hydrogen-bond donors (Lipinski definition) is 1. The highest BCUT2D eigenvalue weighted by molar-refractivity contribution is 5.96. The summed E-state index contributed by atoms with van der Waals surface area (Å²) in [7, 11) is 1.58. The number of alkyl halides is 3. The number of halogens is 3. The Morgan fingerprint density at radius 3 is 2.47 bits per heavy atom. The van der Waals surface area contributed by atoms with Gasteiger partial charge in [0.15, 0.2) is 0 Å². The first-order chi connectivity index (χ1) is 17.1. The van der Waals surface area contributed by atoms with E-state index in [1.165, 1.54) is 11.9 Å². The molecular formula is C27H26F3N3O3. The standard InChI is InChI=1S/C27H26F3N3O3/c1-16-13-20(22-5-4-12-31-26(22)36-3)9-8-19(16)14-18-6-10-21(11-7-18)33-23(15-24(34)35)17(2)25(32-33)27(28,29)30/h4-13,17,23H,14-15H2,1-3H3,(H,34,35)/t17-,23-/m0/s1. The normalized spacial score (nSPS) is 17.7. The minimum Gasteiger partial charge on any atom is -0.481 e. The number of pyridine rings is 1. The van der Waals surface area contributed by atoms with Crippen LogP contribution in [0.25, 0.3) is 11.1 Å². The number of carboxylic acids is 1. The van der Waals surface area contributed by atoms with Gasteiger partial charge in [-0.1, -0.05) is 37.3 Å². The number of rotatable bonds is 7. The van der Waals surface area contributed by atoms with Gasteiger partial charge in [-0.3, -0.25) is 9.80 Å². The number of hydrogen-bond acceptors (Lipinski definition) is 5. The van der Waals surface area contributed by atoms with E-state index in [2.05, 4.69) is 16.2 Å². The molecule has 9 heteroatoms. The topological polar surface area (TPSA) is 75.0 Å². The van der Waals surface area contributed by atoms with Crippen LogP contribution in [0, 0.1) is 12.8 Å². The molecule has 0 unspecified atom stereocenters. The minimum absolute atomic E-state index is 0.423. The van der Waals surface area contributed by atoms with E-state index in [0.717, 1.165) is 27.8 Å². The van der Waals surface area contributed by atoms with Crippen LogP contribution in [0.4, 0.5) is 18.9 Å². The molecule has 0 saturated heterocycles. The number of hydrazone groups is 1. The van der Waals surface area contributed by atoms with E-state index in [1.54, 1.807) is 25.4 Å². The van der Waals surface area contributed by atoms with Gasteiger partial charge in [-0.15, -0.1) is 0 Å². The lowest BCUT2D eigenvalue weighted by Gasteiger charge is -2.25. The molecule has 2 heterocycles. The summed E-state index contributed by atoms with van der Waals surface area (Å²) in [6.07, 6.45) is -2.76. The van der Waals surface area contributed by atoms with Crippen molar-refractivity contribution in [2.24, 2.45) is 11.0 Å². The summed E-state index contributed by atoms with van der Waals surface area (Å²) in [4.78, 5) is 15.6. The first-order valence-electron chi connectivity index (χ1n) is 11.4. The van der Waals surface area contributed by atoms with Gasteiger partial charge in [-0.05, 0) is 59.9 Å². The van der Waals surface area contributed by atoms with Crippen molar-refractivity contribution in [2.75, 3.05) is 12.1 Å². The smallest absolute Gasteiger partial charge is 0.431 e. The summed E-state index contributed by atoms with van der Waals surface area (Å²) < 4.78 is 45.6. The molecule has 1 aliphatic heterocycles. The van der Waals surface area contributed by atoms with Gasteiger partial charge in [0.25, 0.3) is 0 Å². The Kier molecular flexibility index (Phi) is 7.01. The summed E-state index contributed by atoms with van der Waals surface area (Å²) in [5.74, 6) is -1.68. The third kappa shape index (κ3) is 5.19. The molecule has 3 aromatic rings. The van der Waals surface area contributed by atoms with Gasteiger partial charge in [0.1, 0.15) is 5.71 Å². The fraction of sp³-hybridized carbons (Fsp3) is 0.296. The van der Waals surface area contributed by atoms with E-state index in [-0.39, 0.29) is 0 Å². The van der Waals surface area contributed by atoms with Gasteiger partial charge in [0.2, 0.25) is 5.88 Å². The lowest BCUT2D eigenvalue weighted by atomic mass is 9.94. The summed E-state index contributed by atoms with van der Waals surface area (Å²) >= 11 is 0. The Morgan fingerprint density at radius 2 is 1.86 bits per heavy atom. The Balaban J connectivity index is 1.55. The van der Waals surface area contributed by atoms with E-state index in [9.17, 15) is 23.1 Å². The number of aliphatic carboxylic acids is 1. The average Bonchev–Trinajstić information content (AvgIpc) is 3.16. The molecule has 4 rings (SSSR count). The predicted molar refractivity (Wildman–Crippen MR) is 131 cm³/mol. The van der Waals surface area contributed by atoms with Crippen LogP contribution in [0.2, 0.25) is 0 Å². The Morgan fingerprint density at radius 1 is 1.14 bits per heavy atom. The predicted octanol–water partition coefficient (Wildman–Crippen LogP) is 5.87. The number of methoxy groups -OCH3 is 1. The van der Waals surface area contributed by atoms with Gasteiger partial charge in [0.05, 0.1) is 25.3 Å². The molecule has 0 aliphatic carbocycles. The highest BCUT2D eigenvalue weighted by Gasteiger charge is 2.48. The fourth-order valence-electron chi connectivity index (χ4n) is 4.50. The lowest BCUT2D eigenvalue weighted by Crippen LogP contribution is -2.36. The SMILES string of the molecule is COc1ncccc1-c1ccc(Cc2ccc(N3N=C(C(F)(F)F)[C@@H](C)[C@@H]3CC(=O)O)cc2)c(C)c1. The van der Waals surface area contributed by atoms with Crippen LogP contribution in [-0.4, -0.2) is 41.1 Å². The van der Waals surface area contributed by atoms with E-state index < -0.39 is 36.2 Å². The van der Waals surface area contributed by atoms with Crippen LogP contribution in [-0.2, 0) is 11.2 Å². The second-order valence-electron chi connectivity index (χ2n) is 8.83. The zero-order valence-electron chi connectivity index (χ0n) is 20.1. The molecule has 2 atom stereocenters. The van der Waals surface area contributed by atoms with Crippen LogP contribution in [0.5, 0.6) is 5.88 Å². The van der Waals surface area contributed by atoms with Crippen LogP contribution in [0.15, 0.2) is 65.9 Å². The number of anilines is 1. The third-order valence-corrected chi connectivity index (χ3v) is 6.43. The van der Waals surface area contributed by atoms with E-state index in [1.807, 2.05) is 43.3 Å². The molecule has 0 spiro atoms. The molecule has 0 fully saturated rings. The fourth-order valence-corrected chi connectivity index (χ4v) is 4.50. The number of aryl methyl sites for hydroxylation is 1. The number of ether oxygens (including phenoxy) is 1. The highest BCUT2D eigenvalue weighted by Crippen LogP contribution is 2.36. The van der Waals surface area contributed by atoms with Crippen molar-refractivity contribution >= 4 is 17.4 Å². The third-order valence-electron chi connectivity index (χ3n) is 6.43. The van der Waals surface area contributed by atoms with E-state index >= 15 is 0 Å². The molecule has 36 heavy (non-hydrogen) atoms. The molecule has 188 valence electrons. The number of aromatic nitrogens is 1. The van der Waals surface area contributed by atoms with Crippen LogP contribution >= 0.6 is 0 Å². The maximum absolute atomic E-state index is 13.4. The first kappa shape index (κ1) is 25.2. The number of carbonyl (C=O) groups is 1. The van der Waals surface area contributed by atoms with E-state index in [4.69, 9.17) is 4.74 Å². The van der Waals surface area contributed by atoms with Gasteiger partial charge < -0.3 is 9.84 Å². The molecule has 0 radical (unpaired) electrons. The second kappa shape index (κ2) is 10.0. The van der Waals surface area contributed by atoms with E-state index in [0.29, 0.717) is 18.0 Å². The van der Waals surface area contributed by atoms with Crippen molar-refractivity contribution in [3.05, 3.63) is 77.5 Å². The maximum Gasteiger partial charge on any atom is 0.431 e. The van der Waals surface area contributed by atoms with Gasteiger partial charge >= 0.3 is 12.1 Å². The summed E-state index contributed by atoms with van der Waals surface area (Å²) in [6, 6.07) is 16.0. The molecule has 1 aliphatic rings. The van der Waals surface area contributed by atoms with Crippen molar-refractivity contribution in [1.29, 1.82) is 0 Å². The first-order valence-corrected chi connectivity index (χ1v) is 11.4. The molecule has 6 nitrogen and oxygen atoms in total. The zero-order chi connectivity index (χ0) is 26.0. The number of nitrogens with zero attached hydrogens (tertiary/aromatic N) is 3. The lowest BCUT2D eigenvalue weighted by molar-refractivity contribution is -0.137. The van der Waals surface area contributed by atoms with Crippen molar-refractivity contribution in [2.45, 2.75) is 38.9 Å².